The van der Waals surface area contributed by atoms with E-state index >= 15 is 0 Å². The van der Waals surface area contributed by atoms with Gasteiger partial charge in [0.25, 0.3) is 0 Å². The van der Waals surface area contributed by atoms with Crippen LogP contribution in [0.3, 0.4) is 0 Å². The highest BCUT2D eigenvalue weighted by Gasteiger charge is 2.09. The third-order valence-corrected chi connectivity index (χ3v) is 4.71. The molecule has 1 aromatic heterocycles. The number of nitrogens with one attached hydrogen (secondary N) is 1. The summed E-state index contributed by atoms with van der Waals surface area (Å²) in [4.78, 5) is 5.56. The van der Waals surface area contributed by atoms with Gasteiger partial charge in [0.1, 0.15) is 16.6 Å². The molecule has 0 unspecified atom stereocenters. The smallest absolute Gasteiger partial charge is 0.127 e. The molecular formula is C19H19FN2OS. The fourth-order valence-corrected chi connectivity index (χ4v) is 3.40. The van der Waals surface area contributed by atoms with Gasteiger partial charge in [0, 0.05) is 18.3 Å². The Bertz CT molecular complexity index is 803. The van der Waals surface area contributed by atoms with Gasteiger partial charge in [-0.05, 0) is 42.8 Å². The molecule has 0 fully saturated rings. The van der Waals surface area contributed by atoms with Crippen LogP contribution in [-0.2, 0) is 13.0 Å². The first-order valence-electron chi connectivity index (χ1n) is 7.79. The number of benzene rings is 2. The van der Waals surface area contributed by atoms with Gasteiger partial charge >= 0.3 is 0 Å². The highest BCUT2D eigenvalue weighted by atomic mass is 32.1. The van der Waals surface area contributed by atoms with Crippen molar-refractivity contribution in [2.45, 2.75) is 13.0 Å². The molecule has 0 atom stereocenters. The number of aromatic nitrogens is 1. The fourth-order valence-electron chi connectivity index (χ4n) is 2.49. The lowest BCUT2D eigenvalue weighted by molar-refractivity contribution is 0.416. The molecule has 3 aromatic rings. The van der Waals surface area contributed by atoms with E-state index in [4.69, 9.17) is 4.74 Å². The quantitative estimate of drug-likeness (QED) is 0.651. The van der Waals surface area contributed by atoms with Crippen molar-refractivity contribution < 1.29 is 9.13 Å². The zero-order chi connectivity index (χ0) is 16.8. The molecule has 5 heteroatoms. The van der Waals surface area contributed by atoms with E-state index in [1.165, 1.54) is 6.07 Å². The first-order valence-corrected chi connectivity index (χ1v) is 8.61. The Labute approximate surface area is 145 Å². The normalized spacial score (nSPS) is 10.8. The molecule has 3 nitrogen and oxygen atoms in total. The number of para-hydroxylation sites is 1. The van der Waals surface area contributed by atoms with E-state index in [-0.39, 0.29) is 5.82 Å². The van der Waals surface area contributed by atoms with Crippen LogP contribution in [0.1, 0.15) is 10.6 Å². The molecule has 0 radical (unpaired) electrons. The average Bonchev–Trinajstić information content (AvgIpc) is 3.07. The predicted molar refractivity (Wildman–Crippen MR) is 95.9 cm³/mol. The summed E-state index contributed by atoms with van der Waals surface area (Å²) in [6, 6.07) is 14.7. The minimum atomic E-state index is -0.186. The number of methoxy groups -OCH3 is 1. The van der Waals surface area contributed by atoms with Crippen molar-refractivity contribution in [1.82, 2.24) is 10.3 Å². The molecule has 0 bridgehead atoms. The molecule has 24 heavy (non-hydrogen) atoms. The molecule has 0 saturated carbocycles. The summed E-state index contributed by atoms with van der Waals surface area (Å²) >= 11 is 1.65. The van der Waals surface area contributed by atoms with E-state index in [9.17, 15) is 4.39 Å². The molecule has 0 aliphatic rings. The minimum Gasteiger partial charge on any atom is -0.496 e. The zero-order valence-corrected chi connectivity index (χ0v) is 14.3. The van der Waals surface area contributed by atoms with Crippen molar-refractivity contribution in [2.75, 3.05) is 13.7 Å². The molecular weight excluding hydrogens is 323 g/mol. The lowest BCUT2D eigenvalue weighted by atomic mass is 10.1. The highest BCUT2D eigenvalue weighted by molar-refractivity contribution is 7.15. The zero-order valence-electron chi connectivity index (χ0n) is 13.5. The molecule has 0 saturated heterocycles. The second-order valence-corrected chi connectivity index (χ2v) is 6.49. The Morgan fingerprint density at radius 2 is 2.04 bits per heavy atom. The minimum absolute atomic E-state index is 0.186. The van der Waals surface area contributed by atoms with Crippen molar-refractivity contribution in [3.8, 4) is 16.2 Å². The molecule has 124 valence electrons. The maximum atomic E-state index is 13.1. The van der Waals surface area contributed by atoms with Gasteiger partial charge in [-0.15, -0.1) is 11.3 Å². The van der Waals surface area contributed by atoms with Crippen molar-refractivity contribution in [2.24, 2.45) is 0 Å². The van der Waals surface area contributed by atoms with E-state index in [1.54, 1.807) is 30.6 Å². The van der Waals surface area contributed by atoms with Crippen LogP contribution in [-0.4, -0.2) is 18.6 Å². The third kappa shape index (κ3) is 4.19. The fraction of sp³-hybridized carbons (Fsp3) is 0.211. The van der Waals surface area contributed by atoms with Crippen molar-refractivity contribution in [3.63, 3.8) is 0 Å². The number of thiazole rings is 1. The standard InChI is InChI=1S/C19H19FN2OS/c1-23-17-8-3-2-7-16(17)18-12-22-19(24-18)13-21-10-9-14-5-4-6-15(20)11-14/h2-8,11-12,21H,9-10,13H2,1H3. The lowest BCUT2D eigenvalue weighted by Crippen LogP contribution is -2.16. The number of halogens is 1. The monoisotopic (exact) mass is 342 g/mol. The van der Waals surface area contributed by atoms with E-state index in [1.807, 2.05) is 36.5 Å². The van der Waals surface area contributed by atoms with Crippen LogP contribution in [0.25, 0.3) is 10.4 Å². The van der Waals surface area contributed by atoms with E-state index in [0.717, 1.165) is 39.7 Å². The summed E-state index contributed by atoms with van der Waals surface area (Å²) in [6.07, 6.45) is 2.68. The molecule has 0 spiro atoms. The lowest BCUT2D eigenvalue weighted by Gasteiger charge is -2.05. The molecule has 3 rings (SSSR count). The Morgan fingerprint density at radius 3 is 2.88 bits per heavy atom. The van der Waals surface area contributed by atoms with Gasteiger partial charge < -0.3 is 10.1 Å². The molecule has 0 aliphatic heterocycles. The summed E-state index contributed by atoms with van der Waals surface area (Å²) in [5.41, 5.74) is 2.06. The topological polar surface area (TPSA) is 34.1 Å². The van der Waals surface area contributed by atoms with Gasteiger partial charge in [-0.2, -0.15) is 0 Å². The Kier molecular flexibility index (Phi) is 5.56. The van der Waals surface area contributed by atoms with Crippen LogP contribution in [0.5, 0.6) is 5.75 Å². The Hall–Kier alpha value is -2.24. The third-order valence-electron chi connectivity index (χ3n) is 3.68. The van der Waals surface area contributed by atoms with Gasteiger partial charge in [0.05, 0.1) is 12.0 Å². The first kappa shape index (κ1) is 16.6. The van der Waals surface area contributed by atoms with E-state index < -0.39 is 0 Å². The second-order valence-electron chi connectivity index (χ2n) is 5.38. The molecule has 2 aromatic carbocycles. The summed E-state index contributed by atoms with van der Waals surface area (Å²) < 4.78 is 18.5. The maximum absolute atomic E-state index is 13.1. The highest BCUT2D eigenvalue weighted by Crippen LogP contribution is 2.33. The van der Waals surface area contributed by atoms with E-state index in [0.29, 0.717) is 6.54 Å². The van der Waals surface area contributed by atoms with Crippen LogP contribution >= 0.6 is 11.3 Å². The summed E-state index contributed by atoms with van der Waals surface area (Å²) in [5.74, 6) is 0.667. The first-order chi connectivity index (χ1) is 11.8. The van der Waals surface area contributed by atoms with Crippen molar-refractivity contribution >= 4 is 11.3 Å². The summed E-state index contributed by atoms with van der Waals surface area (Å²) in [7, 11) is 1.68. The molecule has 0 amide bonds. The molecule has 0 aliphatic carbocycles. The van der Waals surface area contributed by atoms with Gasteiger partial charge in [0.2, 0.25) is 0 Å². The van der Waals surface area contributed by atoms with Crippen LogP contribution < -0.4 is 10.1 Å². The number of ether oxygens (including phenoxy) is 1. The molecule has 1 N–H and O–H groups in total. The van der Waals surface area contributed by atoms with Crippen LogP contribution in [0.15, 0.2) is 54.7 Å². The number of hydrogen-bond donors (Lipinski definition) is 1. The van der Waals surface area contributed by atoms with Crippen LogP contribution in [0, 0.1) is 5.82 Å². The second kappa shape index (κ2) is 8.04. The Balaban J connectivity index is 1.55. The van der Waals surface area contributed by atoms with Gasteiger partial charge in [-0.25, -0.2) is 9.37 Å². The summed E-state index contributed by atoms with van der Waals surface area (Å²) in [5, 5.41) is 4.38. The molecule has 1 heterocycles. The Morgan fingerprint density at radius 1 is 1.17 bits per heavy atom. The van der Waals surface area contributed by atoms with Crippen LogP contribution in [0.2, 0.25) is 0 Å². The van der Waals surface area contributed by atoms with Gasteiger partial charge in [-0.1, -0.05) is 24.3 Å². The maximum Gasteiger partial charge on any atom is 0.127 e. The van der Waals surface area contributed by atoms with Crippen LogP contribution in [0.4, 0.5) is 4.39 Å². The predicted octanol–water partition coefficient (Wildman–Crippen LogP) is 4.29. The van der Waals surface area contributed by atoms with Gasteiger partial charge in [0.15, 0.2) is 0 Å². The van der Waals surface area contributed by atoms with Crippen molar-refractivity contribution in [3.05, 3.63) is 71.1 Å². The average molecular weight is 342 g/mol. The number of hydrogen-bond acceptors (Lipinski definition) is 4. The SMILES string of the molecule is COc1ccccc1-c1cnc(CNCCc2cccc(F)c2)s1. The van der Waals surface area contributed by atoms with E-state index in [2.05, 4.69) is 10.3 Å². The summed E-state index contributed by atoms with van der Waals surface area (Å²) in [6.45, 7) is 1.49. The number of nitrogens with zero attached hydrogens (tertiary/aromatic N) is 1. The van der Waals surface area contributed by atoms with Gasteiger partial charge in [-0.3, -0.25) is 0 Å². The number of rotatable bonds is 7. The largest absolute Gasteiger partial charge is 0.496 e. The van der Waals surface area contributed by atoms with Crippen molar-refractivity contribution in [1.29, 1.82) is 0 Å².